The third kappa shape index (κ3) is 2.27. The quantitative estimate of drug-likeness (QED) is 0.878. The number of anilines is 1. The Morgan fingerprint density at radius 2 is 1.78 bits per heavy atom. The Hall–Kier alpha value is -1.35. The van der Waals surface area contributed by atoms with E-state index in [0.717, 1.165) is 0 Å². The molecule has 1 aliphatic rings. The molecular formula is C15H18N2S. The van der Waals surface area contributed by atoms with Crippen molar-refractivity contribution in [2.45, 2.75) is 37.5 Å². The van der Waals surface area contributed by atoms with Gasteiger partial charge in [0.2, 0.25) is 0 Å². The molecule has 1 heterocycles. The molecule has 1 fully saturated rings. The van der Waals surface area contributed by atoms with Crippen LogP contribution in [0.2, 0.25) is 0 Å². The van der Waals surface area contributed by atoms with Crippen molar-refractivity contribution in [1.82, 2.24) is 4.98 Å². The number of nitrogen functional groups attached to an aromatic ring is 1. The normalized spacial score (nSPS) is 24.0. The topological polar surface area (TPSA) is 38.9 Å². The van der Waals surface area contributed by atoms with Gasteiger partial charge in [-0.15, -0.1) is 11.3 Å². The summed E-state index contributed by atoms with van der Waals surface area (Å²) in [6.45, 7) is 0. The highest BCUT2D eigenvalue weighted by Gasteiger charge is 2.29. The molecule has 0 spiro atoms. The molecule has 3 heteroatoms. The molecule has 0 aliphatic heterocycles. The van der Waals surface area contributed by atoms with E-state index in [1.165, 1.54) is 36.9 Å². The van der Waals surface area contributed by atoms with Gasteiger partial charge < -0.3 is 5.73 Å². The average molecular weight is 258 g/mol. The van der Waals surface area contributed by atoms with E-state index in [1.807, 2.05) is 0 Å². The molecule has 0 saturated heterocycles. The molecule has 2 nitrogen and oxygen atoms in total. The number of aromatic nitrogens is 1. The largest absolute Gasteiger partial charge is 0.375 e. The Bertz CT molecular complexity index is 506. The molecule has 2 atom stereocenters. The van der Waals surface area contributed by atoms with Crippen LogP contribution in [0, 0.1) is 0 Å². The summed E-state index contributed by atoms with van der Waals surface area (Å²) in [6.07, 6.45) is 5.15. The average Bonchev–Trinajstić information content (AvgIpc) is 2.86. The van der Waals surface area contributed by atoms with Crippen LogP contribution < -0.4 is 5.73 Å². The lowest BCUT2D eigenvalue weighted by atomic mass is 9.74. The lowest BCUT2D eigenvalue weighted by Crippen LogP contribution is -2.16. The summed E-state index contributed by atoms with van der Waals surface area (Å²) in [6, 6.07) is 10.9. The van der Waals surface area contributed by atoms with Gasteiger partial charge in [-0.2, -0.15) is 0 Å². The molecule has 2 aromatic rings. The highest BCUT2D eigenvalue weighted by molar-refractivity contribution is 7.13. The molecule has 0 amide bonds. The highest BCUT2D eigenvalue weighted by atomic mass is 32.1. The van der Waals surface area contributed by atoms with Crippen molar-refractivity contribution in [3.8, 4) is 0 Å². The van der Waals surface area contributed by atoms with Gasteiger partial charge in [-0.05, 0) is 24.3 Å². The number of thiazole rings is 1. The molecule has 1 aliphatic carbocycles. The highest BCUT2D eigenvalue weighted by Crippen LogP contribution is 2.44. The monoisotopic (exact) mass is 258 g/mol. The summed E-state index contributed by atoms with van der Waals surface area (Å²) >= 11 is 1.56. The molecule has 2 N–H and O–H groups in total. The van der Waals surface area contributed by atoms with Crippen LogP contribution in [0.15, 0.2) is 35.7 Å². The number of benzene rings is 1. The molecular weight excluding hydrogens is 240 g/mol. The van der Waals surface area contributed by atoms with Crippen LogP contribution in [0.5, 0.6) is 0 Å². The van der Waals surface area contributed by atoms with Crippen LogP contribution in [-0.2, 0) is 0 Å². The SMILES string of the molecule is Nc1nc([C@H]2CCCC[C@@H]2c2ccccc2)cs1. The van der Waals surface area contributed by atoms with Gasteiger partial charge in [0.1, 0.15) is 0 Å². The first-order valence-electron chi connectivity index (χ1n) is 6.60. The van der Waals surface area contributed by atoms with E-state index in [2.05, 4.69) is 40.7 Å². The first-order chi connectivity index (χ1) is 8.84. The molecule has 18 heavy (non-hydrogen) atoms. The van der Waals surface area contributed by atoms with Gasteiger partial charge in [0.05, 0.1) is 5.69 Å². The predicted octanol–water partition coefficient (Wildman–Crippen LogP) is 4.17. The molecule has 0 bridgehead atoms. The maximum Gasteiger partial charge on any atom is 0.180 e. The van der Waals surface area contributed by atoms with Crippen LogP contribution >= 0.6 is 11.3 Å². The Labute approximate surface area is 112 Å². The number of hydrogen-bond donors (Lipinski definition) is 1. The molecule has 1 aromatic heterocycles. The van der Waals surface area contributed by atoms with Crippen molar-refractivity contribution in [2.75, 3.05) is 5.73 Å². The van der Waals surface area contributed by atoms with E-state index in [4.69, 9.17) is 5.73 Å². The van der Waals surface area contributed by atoms with E-state index >= 15 is 0 Å². The van der Waals surface area contributed by atoms with E-state index < -0.39 is 0 Å². The summed E-state index contributed by atoms with van der Waals surface area (Å²) in [4.78, 5) is 4.51. The summed E-state index contributed by atoms with van der Waals surface area (Å²) < 4.78 is 0. The summed E-state index contributed by atoms with van der Waals surface area (Å²) in [5, 5.41) is 2.84. The zero-order valence-corrected chi connectivity index (χ0v) is 11.2. The number of nitrogens with two attached hydrogens (primary N) is 1. The predicted molar refractivity (Wildman–Crippen MR) is 76.9 cm³/mol. The van der Waals surface area contributed by atoms with E-state index in [-0.39, 0.29) is 0 Å². The summed E-state index contributed by atoms with van der Waals surface area (Å²) in [5.74, 6) is 1.16. The fraction of sp³-hybridized carbons (Fsp3) is 0.400. The minimum atomic E-state index is 0.551. The Morgan fingerprint density at radius 3 is 2.44 bits per heavy atom. The zero-order chi connectivity index (χ0) is 12.4. The molecule has 0 radical (unpaired) electrons. The van der Waals surface area contributed by atoms with Crippen molar-refractivity contribution in [3.05, 3.63) is 47.0 Å². The first-order valence-corrected chi connectivity index (χ1v) is 7.48. The summed E-state index contributed by atoms with van der Waals surface area (Å²) in [5.41, 5.74) is 8.43. The minimum absolute atomic E-state index is 0.551. The molecule has 1 aromatic carbocycles. The van der Waals surface area contributed by atoms with Gasteiger partial charge in [-0.1, -0.05) is 43.2 Å². The molecule has 94 valence electrons. The van der Waals surface area contributed by atoms with Gasteiger partial charge in [0, 0.05) is 11.3 Å². The fourth-order valence-electron chi connectivity index (χ4n) is 3.06. The van der Waals surface area contributed by atoms with Crippen LogP contribution in [0.25, 0.3) is 0 Å². The Kier molecular flexibility index (Phi) is 3.33. The third-order valence-corrected chi connectivity index (χ3v) is 4.61. The standard InChI is InChI=1S/C15H18N2S/c16-15-17-14(10-18-15)13-9-5-4-8-12(13)11-6-2-1-3-7-11/h1-3,6-7,10,12-13H,4-5,8-9H2,(H2,16,17)/t12-,13+/m1/s1. The Morgan fingerprint density at radius 1 is 1.06 bits per heavy atom. The minimum Gasteiger partial charge on any atom is -0.375 e. The van der Waals surface area contributed by atoms with Gasteiger partial charge >= 0.3 is 0 Å². The van der Waals surface area contributed by atoms with Crippen molar-refractivity contribution >= 4 is 16.5 Å². The van der Waals surface area contributed by atoms with Crippen molar-refractivity contribution < 1.29 is 0 Å². The second-order valence-corrected chi connectivity index (χ2v) is 5.91. The van der Waals surface area contributed by atoms with Crippen molar-refractivity contribution in [3.63, 3.8) is 0 Å². The maximum absolute atomic E-state index is 5.78. The van der Waals surface area contributed by atoms with E-state index in [9.17, 15) is 0 Å². The zero-order valence-electron chi connectivity index (χ0n) is 10.4. The van der Waals surface area contributed by atoms with Gasteiger partial charge in [-0.25, -0.2) is 4.98 Å². The lowest BCUT2D eigenvalue weighted by molar-refractivity contribution is 0.381. The first kappa shape index (κ1) is 11.7. The van der Waals surface area contributed by atoms with Crippen molar-refractivity contribution in [2.24, 2.45) is 0 Å². The third-order valence-electron chi connectivity index (χ3n) is 3.91. The maximum atomic E-state index is 5.78. The Balaban J connectivity index is 1.91. The smallest absolute Gasteiger partial charge is 0.180 e. The van der Waals surface area contributed by atoms with Crippen LogP contribution in [0.4, 0.5) is 5.13 Å². The summed E-state index contributed by atoms with van der Waals surface area (Å²) in [7, 11) is 0. The fourth-order valence-corrected chi connectivity index (χ4v) is 3.68. The van der Waals surface area contributed by atoms with Crippen LogP contribution in [0.1, 0.15) is 48.8 Å². The van der Waals surface area contributed by atoms with Gasteiger partial charge in [0.25, 0.3) is 0 Å². The second-order valence-electron chi connectivity index (χ2n) is 5.02. The van der Waals surface area contributed by atoms with E-state index in [1.54, 1.807) is 11.3 Å². The van der Waals surface area contributed by atoms with Gasteiger partial charge in [-0.3, -0.25) is 0 Å². The molecule has 1 saturated carbocycles. The number of nitrogens with zero attached hydrogens (tertiary/aromatic N) is 1. The lowest BCUT2D eigenvalue weighted by Gasteiger charge is -2.30. The van der Waals surface area contributed by atoms with E-state index in [0.29, 0.717) is 17.0 Å². The number of hydrogen-bond acceptors (Lipinski definition) is 3. The molecule has 0 unspecified atom stereocenters. The molecule has 3 rings (SSSR count). The van der Waals surface area contributed by atoms with Gasteiger partial charge in [0.15, 0.2) is 5.13 Å². The van der Waals surface area contributed by atoms with Crippen molar-refractivity contribution in [1.29, 1.82) is 0 Å². The van der Waals surface area contributed by atoms with Crippen LogP contribution in [-0.4, -0.2) is 4.98 Å². The second kappa shape index (κ2) is 5.11. The number of rotatable bonds is 2. The van der Waals surface area contributed by atoms with Crippen LogP contribution in [0.3, 0.4) is 0 Å².